The molecular formula is C11H17N. The predicted octanol–water partition coefficient (Wildman–Crippen LogP) is 2.10. The van der Waals surface area contributed by atoms with Crippen LogP contribution in [0.5, 0.6) is 0 Å². The molecule has 1 atom stereocenters. The molecule has 1 rings (SSSR count). The van der Waals surface area contributed by atoms with Gasteiger partial charge in [-0.3, -0.25) is 0 Å². The fourth-order valence-corrected chi connectivity index (χ4v) is 1.48. The van der Waals surface area contributed by atoms with Gasteiger partial charge in [0, 0.05) is 12.5 Å². The van der Waals surface area contributed by atoms with Crippen molar-refractivity contribution < 1.29 is 0 Å². The van der Waals surface area contributed by atoms with Crippen LogP contribution in [-0.2, 0) is 0 Å². The molecule has 0 radical (unpaired) electrons. The summed E-state index contributed by atoms with van der Waals surface area (Å²) in [6.07, 6.45) is 15.4. The van der Waals surface area contributed by atoms with E-state index in [0.29, 0.717) is 6.04 Å². The van der Waals surface area contributed by atoms with Crippen LogP contribution >= 0.6 is 0 Å². The Morgan fingerprint density at radius 3 is 3.08 bits per heavy atom. The Kier molecular flexibility index (Phi) is 4.56. The second-order valence-corrected chi connectivity index (χ2v) is 3.24. The van der Waals surface area contributed by atoms with E-state index in [2.05, 4.69) is 23.4 Å². The van der Waals surface area contributed by atoms with Gasteiger partial charge in [-0.1, -0.05) is 12.2 Å². The molecule has 1 aliphatic rings. The Balaban J connectivity index is 2.00. The highest BCUT2D eigenvalue weighted by atomic mass is 14.9. The first-order valence-electron chi connectivity index (χ1n) is 4.75. The average Bonchev–Trinajstić information content (AvgIpc) is 2.14. The number of nitrogens with one attached hydrogen (secondary N) is 1. The van der Waals surface area contributed by atoms with E-state index in [-0.39, 0.29) is 0 Å². The highest BCUT2D eigenvalue weighted by Crippen LogP contribution is 2.10. The molecule has 0 amide bonds. The lowest BCUT2D eigenvalue weighted by molar-refractivity contribution is 0.472. The Bertz CT molecular complexity index is 176. The number of hydrogen-bond donors (Lipinski definition) is 1. The van der Waals surface area contributed by atoms with E-state index in [0.717, 1.165) is 19.4 Å². The Labute approximate surface area is 75.2 Å². The quantitative estimate of drug-likeness (QED) is 0.380. The number of rotatable bonds is 4. The van der Waals surface area contributed by atoms with Crippen molar-refractivity contribution in [1.82, 2.24) is 5.32 Å². The fraction of sp³-hybridized carbons (Fsp3) is 0.636. The number of allylic oxidation sites excluding steroid dienone is 1. The molecule has 1 unspecified atom stereocenters. The van der Waals surface area contributed by atoms with Crippen LogP contribution in [0, 0.1) is 12.3 Å². The maximum Gasteiger partial charge on any atom is 0.0104 e. The van der Waals surface area contributed by atoms with Gasteiger partial charge in [0.15, 0.2) is 0 Å². The number of hydrogen-bond acceptors (Lipinski definition) is 1. The summed E-state index contributed by atoms with van der Waals surface area (Å²) < 4.78 is 0. The van der Waals surface area contributed by atoms with Crippen molar-refractivity contribution in [3.05, 3.63) is 12.2 Å². The van der Waals surface area contributed by atoms with Gasteiger partial charge in [-0.05, 0) is 32.2 Å². The number of unbranched alkanes of at least 4 members (excludes halogenated alkanes) is 1. The molecule has 0 saturated carbocycles. The van der Waals surface area contributed by atoms with Crippen LogP contribution in [0.15, 0.2) is 12.2 Å². The van der Waals surface area contributed by atoms with Crippen molar-refractivity contribution in [3.63, 3.8) is 0 Å². The van der Waals surface area contributed by atoms with Crippen molar-refractivity contribution in [2.24, 2.45) is 0 Å². The minimum atomic E-state index is 0.702. The van der Waals surface area contributed by atoms with E-state index in [1.807, 2.05) is 0 Å². The molecular weight excluding hydrogens is 146 g/mol. The molecule has 1 N–H and O–H groups in total. The minimum absolute atomic E-state index is 0.702. The molecule has 0 fully saturated rings. The zero-order valence-electron chi connectivity index (χ0n) is 7.55. The molecule has 0 aromatic rings. The SMILES string of the molecule is C#CCCCNC1CC=CCC1. The lowest BCUT2D eigenvalue weighted by Crippen LogP contribution is -2.30. The normalized spacial score (nSPS) is 22.1. The third kappa shape index (κ3) is 3.59. The molecule has 0 aromatic heterocycles. The van der Waals surface area contributed by atoms with E-state index in [1.54, 1.807) is 0 Å². The van der Waals surface area contributed by atoms with Gasteiger partial charge in [-0.15, -0.1) is 12.3 Å². The molecule has 0 saturated heterocycles. The lowest BCUT2D eigenvalue weighted by atomic mass is 10.0. The zero-order valence-corrected chi connectivity index (χ0v) is 7.55. The van der Waals surface area contributed by atoms with Crippen molar-refractivity contribution >= 4 is 0 Å². The van der Waals surface area contributed by atoms with Gasteiger partial charge in [0.05, 0.1) is 0 Å². The highest BCUT2D eigenvalue weighted by molar-refractivity contribution is 4.93. The van der Waals surface area contributed by atoms with Crippen LogP contribution in [-0.4, -0.2) is 12.6 Å². The number of terminal acetylenes is 1. The van der Waals surface area contributed by atoms with Gasteiger partial charge in [0.2, 0.25) is 0 Å². The van der Waals surface area contributed by atoms with Gasteiger partial charge >= 0.3 is 0 Å². The van der Waals surface area contributed by atoms with Gasteiger partial charge in [0.25, 0.3) is 0 Å². The Hall–Kier alpha value is -0.740. The van der Waals surface area contributed by atoms with Crippen LogP contribution in [0.25, 0.3) is 0 Å². The van der Waals surface area contributed by atoms with Gasteiger partial charge in [-0.25, -0.2) is 0 Å². The van der Waals surface area contributed by atoms with Crippen molar-refractivity contribution in [3.8, 4) is 12.3 Å². The zero-order chi connectivity index (χ0) is 8.65. The van der Waals surface area contributed by atoms with E-state index in [9.17, 15) is 0 Å². The Morgan fingerprint density at radius 1 is 1.50 bits per heavy atom. The lowest BCUT2D eigenvalue weighted by Gasteiger charge is -2.18. The van der Waals surface area contributed by atoms with Crippen LogP contribution in [0.3, 0.4) is 0 Å². The highest BCUT2D eigenvalue weighted by Gasteiger charge is 2.07. The summed E-state index contributed by atoms with van der Waals surface area (Å²) in [5, 5.41) is 3.51. The van der Waals surface area contributed by atoms with Crippen LogP contribution < -0.4 is 5.32 Å². The van der Waals surface area contributed by atoms with Gasteiger partial charge in [-0.2, -0.15) is 0 Å². The smallest absolute Gasteiger partial charge is 0.0104 e. The summed E-state index contributed by atoms with van der Waals surface area (Å²) >= 11 is 0. The summed E-state index contributed by atoms with van der Waals surface area (Å²) in [6.45, 7) is 1.07. The maximum atomic E-state index is 5.16. The summed E-state index contributed by atoms with van der Waals surface area (Å²) in [6, 6.07) is 0.702. The monoisotopic (exact) mass is 163 g/mol. The third-order valence-electron chi connectivity index (χ3n) is 2.20. The summed E-state index contributed by atoms with van der Waals surface area (Å²) in [7, 11) is 0. The molecule has 0 heterocycles. The second kappa shape index (κ2) is 5.85. The van der Waals surface area contributed by atoms with Gasteiger partial charge < -0.3 is 5.32 Å². The van der Waals surface area contributed by atoms with E-state index in [1.165, 1.54) is 19.3 Å². The fourth-order valence-electron chi connectivity index (χ4n) is 1.48. The van der Waals surface area contributed by atoms with Crippen molar-refractivity contribution in [1.29, 1.82) is 0 Å². The average molecular weight is 163 g/mol. The molecule has 0 spiro atoms. The molecule has 12 heavy (non-hydrogen) atoms. The third-order valence-corrected chi connectivity index (χ3v) is 2.20. The predicted molar refractivity (Wildman–Crippen MR) is 52.8 cm³/mol. The van der Waals surface area contributed by atoms with E-state index >= 15 is 0 Å². The Morgan fingerprint density at radius 2 is 2.42 bits per heavy atom. The summed E-state index contributed by atoms with van der Waals surface area (Å²) in [5.41, 5.74) is 0. The first kappa shape index (κ1) is 9.35. The second-order valence-electron chi connectivity index (χ2n) is 3.24. The first-order valence-corrected chi connectivity index (χ1v) is 4.75. The molecule has 66 valence electrons. The van der Waals surface area contributed by atoms with Crippen LogP contribution in [0.1, 0.15) is 32.1 Å². The van der Waals surface area contributed by atoms with E-state index in [4.69, 9.17) is 6.42 Å². The maximum absolute atomic E-state index is 5.16. The largest absolute Gasteiger partial charge is 0.314 e. The van der Waals surface area contributed by atoms with Crippen LogP contribution in [0.2, 0.25) is 0 Å². The topological polar surface area (TPSA) is 12.0 Å². The molecule has 1 aliphatic carbocycles. The first-order chi connectivity index (χ1) is 5.93. The molecule has 0 aliphatic heterocycles. The van der Waals surface area contributed by atoms with Crippen molar-refractivity contribution in [2.45, 2.75) is 38.1 Å². The van der Waals surface area contributed by atoms with Crippen LogP contribution in [0.4, 0.5) is 0 Å². The standard InChI is InChI=1S/C11H17N/c1-2-3-7-10-12-11-8-5-4-6-9-11/h1,4-5,11-12H,3,6-10H2. The molecule has 1 heteroatoms. The molecule has 1 nitrogen and oxygen atoms in total. The van der Waals surface area contributed by atoms with Gasteiger partial charge in [0.1, 0.15) is 0 Å². The van der Waals surface area contributed by atoms with E-state index < -0.39 is 0 Å². The molecule has 0 aromatic carbocycles. The van der Waals surface area contributed by atoms with Crippen molar-refractivity contribution in [2.75, 3.05) is 6.54 Å². The summed E-state index contributed by atoms with van der Waals surface area (Å²) in [5.74, 6) is 2.65. The minimum Gasteiger partial charge on any atom is -0.314 e. The summed E-state index contributed by atoms with van der Waals surface area (Å²) in [4.78, 5) is 0. The molecule has 0 bridgehead atoms.